The summed E-state index contributed by atoms with van der Waals surface area (Å²) >= 11 is 0. The summed E-state index contributed by atoms with van der Waals surface area (Å²) < 4.78 is 5.80. The highest BCUT2D eigenvalue weighted by atomic mass is 16.5. The topological polar surface area (TPSA) is 83.8 Å². The number of rotatable bonds is 6. The van der Waals surface area contributed by atoms with E-state index in [4.69, 9.17) is 4.74 Å². The van der Waals surface area contributed by atoms with E-state index >= 15 is 0 Å². The van der Waals surface area contributed by atoms with Crippen LogP contribution in [0.3, 0.4) is 0 Å². The van der Waals surface area contributed by atoms with Gasteiger partial charge >= 0.3 is 11.9 Å². The summed E-state index contributed by atoms with van der Waals surface area (Å²) in [6.45, 7) is 17.1. The molecule has 0 bridgehead atoms. The molecule has 0 heterocycles. The first-order valence-electron chi connectivity index (χ1n) is 14.3. The van der Waals surface area contributed by atoms with Gasteiger partial charge in [-0.1, -0.05) is 59.8 Å². The average molecular weight is 513 g/mol. The Morgan fingerprint density at radius 2 is 1.81 bits per heavy atom. The number of carbonyl (C=O) groups is 2. The maximum absolute atomic E-state index is 11.8. The minimum Gasteiger partial charge on any atom is -0.478 e. The third-order valence-electron chi connectivity index (χ3n) is 11.7. The number of hydrogen-bond acceptors (Lipinski definition) is 4. The van der Waals surface area contributed by atoms with E-state index in [1.54, 1.807) is 6.92 Å². The van der Waals surface area contributed by atoms with Crippen LogP contribution in [0.25, 0.3) is 0 Å². The second-order valence-electron chi connectivity index (χ2n) is 13.8. The van der Waals surface area contributed by atoms with Gasteiger partial charge in [0.25, 0.3) is 0 Å². The van der Waals surface area contributed by atoms with Crippen molar-refractivity contribution in [1.82, 2.24) is 0 Å². The van der Waals surface area contributed by atoms with Gasteiger partial charge in [-0.15, -0.1) is 0 Å². The van der Waals surface area contributed by atoms with Gasteiger partial charge in [0.1, 0.15) is 6.10 Å². The molecule has 0 aliphatic heterocycles. The maximum atomic E-state index is 11.8. The van der Waals surface area contributed by atoms with Gasteiger partial charge in [0.15, 0.2) is 0 Å². The number of aliphatic carboxylic acids is 1. The first-order valence-corrected chi connectivity index (χ1v) is 14.3. The zero-order valence-electron chi connectivity index (χ0n) is 24.2. The Labute approximate surface area is 223 Å². The first kappa shape index (κ1) is 28.1. The van der Waals surface area contributed by atoms with E-state index in [0.717, 1.165) is 44.9 Å². The molecule has 0 aromatic heterocycles. The molecule has 4 aliphatic rings. The van der Waals surface area contributed by atoms with E-state index in [1.807, 2.05) is 6.08 Å². The second kappa shape index (κ2) is 9.39. The lowest BCUT2D eigenvalue weighted by molar-refractivity contribution is -0.165. The lowest BCUT2D eigenvalue weighted by Gasteiger charge is -2.61. The molecular formula is C32H48O5. The maximum Gasteiger partial charge on any atom is 0.330 e. The molecule has 2 N–H and O–H groups in total. The molecule has 0 aromatic rings. The van der Waals surface area contributed by atoms with Crippen LogP contribution in [-0.2, 0) is 14.3 Å². The van der Waals surface area contributed by atoms with Crippen molar-refractivity contribution in [2.75, 3.05) is 0 Å². The van der Waals surface area contributed by atoms with E-state index in [2.05, 4.69) is 53.7 Å². The highest BCUT2D eigenvalue weighted by Crippen LogP contribution is 2.71. The Morgan fingerprint density at radius 1 is 1.14 bits per heavy atom. The number of aliphatic hydroxyl groups excluding tert-OH is 1. The zero-order valence-corrected chi connectivity index (χ0v) is 24.2. The minimum atomic E-state index is -0.852. The molecule has 0 unspecified atom stereocenters. The fourth-order valence-corrected chi connectivity index (χ4v) is 9.19. The van der Waals surface area contributed by atoms with Crippen molar-refractivity contribution in [3.05, 3.63) is 34.9 Å². The summed E-state index contributed by atoms with van der Waals surface area (Å²) in [6.07, 6.45) is 12.5. The molecular weight excluding hydrogens is 464 g/mol. The van der Waals surface area contributed by atoms with Crippen molar-refractivity contribution < 1.29 is 24.5 Å². The molecule has 206 valence electrons. The fraction of sp³-hybridized carbons (Fsp3) is 0.750. The number of carboxylic acids is 1. The number of carbonyl (C=O) groups excluding carboxylic acids is 1. The van der Waals surface area contributed by atoms with Crippen molar-refractivity contribution in [1.29, 1.82) is 0 Å². The molecule has 5 nitrogen and oxygen atoms in total. The molecule has 4 rings (SSSR count). The zero-order chi connectivity index (χ0) is 27.6. The number of ether oxygens (including phenoxy) is 1. The standard InChI is InChI=1S/C32H48O5/c1-19(10-9-11-20(2)28(35)36)24-18-26(34)32(8)23-12-13-25-29(4,5)27(37-21(3)33)15-16-30(25,6)22(23)14-17-31(24,32)7/h11-12,14,19,24-27,34H,9-10,13,15-18H2,1-8H3,(H,35,36)/b20-11+/t19-,24-,25-,26-,27-,30-,31-,32-/m1/s1. The Bertz CT molecular complexity index is 1050. The number of hydrogen-bond donors (Lipinski definition) is 2. The third-order valence-corrected chi connectivity index (χ3v) is 11.7. The average Bonchev–Trinajstić information content (AvgIpc) is 3.02. The van der Waals surface area contributed by atoms with Crippen molar-refractivity contribution in [3.63, 3.8) is 0 Å². The quantitative estimate of drug-likeness (QED) is 0.300. The Hall–Kier alpha value is -1.88. The number of fused-ring (bicyclic) bond motifs is 5. The predicted molar refractivity (Wildman–Crippen MR) is 146 cm³/mol. The van der Waals surface area contributed by atoms with E-state index in [-0.39, 0.29) is 33.7 Å². The van der Waals surface area contributed by atoms with Crippen molar-refractivity contribution >= 4 is 11.9 Å². The molecule has 2 saturated carbocycles. The van der Waals surface area contributed by atoms with Crippen molar-refractivity contribution in [2.24, 2.45) is 39.4 Å². The minimum absolute atomic E-state index is 0.00283. The van der Waals surface area contributed by atoms with Crippen molar-refractivity contribution in [2.45, 2.75) is 113 Å². The van der Waals surface area contributed by atoms with E-state index in [9.17, 15) is 19.8 Å². The van der Waals surface area contributed by atoms with Gasteiger partial charge in [-0.25, -0.2) is 4.79 Å². The van der Waals surface area contributed by atoms with E-state index in [1.165, 1.54) is 18.1 Å². The summed E-state index contributed by atoms with van der Waals surface area (Å²) in [5.41, 5.74) is 2.68. The van der Waals surface area contributed by atoms with E-state index < -0.39 is 12.1 Å². The smallest absolute Gasteiger partial charge is 0.330 e. The van der Waals surface area contributed by atoms with Gasteiger partial charge in [-0.05, 0) is 91.6 Å². The predicted octanol–water partition coefficient (Wildman–Crippen LogP) is 6.86. The van der Waals surface area contributed by atoms with Gasteiger partial charge in [0.2, 0.25) is 0 Å². The summed E-state index contributed by atoms with van der Waals surface area (Å²) in [5, 5.41) is 20.9. The summed E-state index contributed by atoms with van der Waals surface area (Å²) in [5.74, 6) is 0.0798. The number of aliphatic hydroxyl groups is 1. The Morgan fingerprint density at radius 3 is 2.43 bits per heavy atom. The fourth-order valence-electron chi connectivity index (χ4n) is 9.19. The van der Waals surface area contributed by atoms with Crippen LogP contribution in [0.4, 0.5) is 0 Å². The van der Waals surface area contributed by atoms with Crippen molar-refractivity contribution in [3.8, 4) is 0 Å². The molecule has 0 saturated heterocycles. The lowest BCUT2D eigenvalue weighted by atomic mass is 9.44. The van der Waals surface area contributed by atoms with Gasteiger partial charge < -0.3 is 14.9 Å². The number of allylic oxidation sites excluding steroid dienone is 4. The normalized spacial score (nSPS) is 41.5. The molecule has 8 atom stereocenters. The summed E-state index contributed by atoms with van der Waals surface area (Å²) in [7, 11) is 0. The summed E-state index contributed by atoms with van der Waals surface area (Å²) in [4.78, 5) is 23.0. The van der Waals surface area contributed by atoms with Crippen LogP contribution in [0.15, 0.2) is 34.9 Å². The van der Waals surface area contributed by atoms with Crippen LogP contribution in [-0.4, -0.2) is 34.4 Å². The molecule has 0 amide bonds. The van der Waals surface area contributed by atoms with Gasteiger partial charge in [-0.2, -0.15) is 0 Å². The monoisotopic (exact) mass is 512 g/mol. The van der Waals surface area contributed by atoms with Crippen LogP contribution < -0.4 is 0 Å². The van der Waals surface area contributed by atoms with Crippen LogP contribution in [0.5, 0.6) is 0 Å². The largest absolute Gasteiger partial charge is 0.478 e. The second-order valence-corrected chi connectivity index (χ2v) is 13.8. The Balaban J connectivity index is 1.64. The highest BCUT2D eigenvalue weighted by Gasteiger charge is 2.66. The van der Waals surface area contributed by atoms with Gasteiger partial charge in [-0.3, -0.25) is 4.79 Å². The summed E-state index contributed by atoms with van der Waals surface area (Å²) in [6, 6.07) is 0. The Kier molecular flexibility index (Phi) is 7.14. The molecule has 37 heavy (non-hydrogen) atoms. The number of esters is 1. The van der Waals surface area contributed by atoms with Gasteiger partial charge in [0, 0.05) is 23.3 Å². The molecule has 0 radical (unpaired) electrons. The van der Waals surface area contributed by atoms with Crippen LogP contribution in [0, 0.1) is 39.4 Å². The SMILES string of the molecule is CC(=O)O[C@@H]1CC[C@]2(C)C3=CC[C@]4(C)[C@@H]([C@H](C)CC/C=C(\C)C(=O)O)C[C@@H](O)[C@@]4(C)C3=CC[C@@H]2C1(C)C. The van der Waals surface area contributed by atoms with Crippen LogP contribution in [0.2, 0.25) is 0 Å². The molecule has 0 aromatic carbocycles. The van der Waals surface area contributed by atoms with Crippen LogP contribution in [0.1, 0.15) is 100 Å². The lowest BCUT2D eigenvalue weighted by Crippen LogP contribution is -2.56. The molecule has 5 heteroatoms. The number of carboxylic acid groups (broad SMARTS) is 1. The highest BCUT2D eigenvalue weighted by molar-refractivity contribution is 5.85. The third kappa shape index (κ3) is 4.15. The van der Waals surface area contributed by atoms with E-state index in [0.29, 0.717) is 23.3 Å². The molecule has 0 spiro atoms. The molecule has 4 aliphatic carbocycles. The molecule has 2 fully saturated rings. The first-order chi connectivity index (χ1) is 17.1. The van der Waals surface area contributed by atoms with Crippen LogP contribution >= 0.6 is 0 Å². The van der Waals surface area contributed by atoms with Gasteiger partial charge in [0.05, 0.1) is 6.10 Å².